The Labute approximate surface area is 140 Å². The van der Waals surface area contributed by atoms with Gasteiger partial charge in [-0.05, 0) is 43.9 Å². The summed E-state index contributed by atoms with van der Waals surface area (Å²) in [6, 6.07) is 21.8. The summed E-state index contributed by atoms with van der Waals surface area (Å²) in [5, 5.41) is 0. The first-order valence-electron chi connectivity index (χ1n) is 8.68. The van der Waals surface area contributed by atoms with Gasteiger partial charge in [-0.2, -0.15) is 0 Å². The Morgan fingerprint density at radius 3 is 2.22 bits per heavy atom. The van der Waals surface area contributed by atoms with Crippen molar-refractivity contribution in [2.24, 2.45) is 0 Å². The molecule has 122 valence electrons. The van der Waals surface area contributed by atoms with Crippen molar-refractivity contribution in [2.45, 2.75) is 51.0 Å². The van der Waals surface area contributed by atoms with Crippen LogP contribution >= 0.6 is 0 Å². The Kier molecular flexibility index (Phi) is 5.14. The number of hydrogen-bond donors (Lipinski definition) is 0. The zero-order chi connectivity index (χ0) is 16.2. The van der Waals surface area contributed by atoms with Gasteiger partial charge in [-0.15, -0.1) is 0 Å². The maximum Gasteiger partial charge on any atom is 0.112 e. The molecule has 0 aromatic heterocycles. The molecule has 0 bridgehead atoms. The third-order valence-electron chi connectivity index (χ3n) is 5.22. The maximum atomic E-state index is 6.45. The molecule has 3 rings (SSSR count). The van der Waals surface area contributed by atoms with Crippen LogP contribution in [-0.4, -0.2) is 24.2 Å². The molecule has 1 heterocycles. The molecule has 1 aliphatic heterocycles. The number of nitrogens with zero attached hydrogens (tertiary/aromatic N) is 1. The van der Waals surface area contributed by atoms with Gasteiger partial charge in [-0.3, -0.25) is 4.90 Å². The van der Waals surface area contributed by atoms with Crippen LogP contribution in [0.1, 0.15) is 49.8 Å². The fourth-order valence-corrected chi connectivity index (χ4v) is 3.58. The fraction of sp³-hybridized carbons (Fsp3) is 0.429. The monoisotopic (exact) mass is 309 g/mol. The lowest BCUT2D eigenvalue weighted by molar-refractivity contribution is -0.00303. The molecule has 2 nitrogen and oxygen atoms in total. The van der Waals surface area contributed by atoms with Gasteiger partial charge in [0.25, 0.3) is 0 Å². The molecule has 0 spiro atoms. The quantitative estimate of drug-likeness (QED) is 0.771. The van der Waals surface area contributed by atoms with Crippen LogP contribution in [0.25, 0.3) is 0 Å². The van der Waals surface area contributed by atoms with E-state index in [9.17, 15) is 0 Å². The van der Waals surface area contributed by atoms with Crippen molar-refractivity contribution >= 4 is 0 Å². The van der Waals surface area contributed by atoms with Crippen molar-refractivity contribution in [3.8, 4) is 0 Å². The van der Waals surface area contributed by atoms with Gasteiger partial charge in [0, 0.05) is 6.04 Å². The van der Waals surface area contributed by atoms with E-state index in [0.717, 1.165) is 12.8 Å². The van der Waals surface area contributed by atoms with E-state index in [4.69, 9.17) is 4.74 Å². The van der Waals surface area contributed by atoms with Crippen molar-refractivity contribution < 1.29 is 4.74 Å². The lowest BCUT2D eigenvalue weighted by Crippen LogP contribution is -2.32. The van der Waals surface area contributed by atoms with E-state index in [1.54, 1.807) is 0 Å². The Morgan fingerprint density at radius 2 is 1.61 bits per heavy atom. The minimum Gasteiger partial charge on any atom is -0.354 e. The second kappa shape index (κ2) is 7.29. The van der Waals surface area contributed by atoms with Crippen LogP contribution in [-0.2, 0) is 4.74 Å². The minimum absolute atomic E-state index is 0.166. The van der Waals surface area contributed by atoms with Crippen LogP contribution in [0.3, 0.4) is 0 Å². The van der Waals surface area contributed by atoms with Crippen molar-refractivity contribution in [3.63, 3.8) is 0 Å². The van der Waals surface area contributed by atoms with Gasteiger partial charge in [0.1, 0.15) is 6.23 Å². The van der Waals surface area contributed by atoms with Crippen LogP contribution < -0.4 is 0 Å². The van der Waals surface area contributed by atoms with Gasteiger partial charge in [0.15, 0.2) is 0 Å². The predicted molar refractivity (Wildman–Crippen MR) is 95.4 cm³/mol. The van der Waals surface area contributed by atoms with E-state index < -0.39 is 0 Å². The summed E-state index contributed by atoms with van der Waals surface area (Å²) in [5.74, 6) is 0.547. The first-order valence-corrected chi connectivity index (χ1v) is 8.68. The highest BCUT2D eigenvalue weighted by atomic mass is 16.5. The Morgan fingerprint density at radius 1 is 1.00 bits per heavy atom. The van der Waals surface area contributed by atoms with Crippen LogP contribution in [0.15, 0.2) is 60.7 Å². The number of benzene rings is 2. The Bertz CT molecular complexity index is 598. The van der Waals surface area contributed by atoms with Gasteiger partial charge >= 0.3 is 0 Å². The second-order valence-electron chi connectivity index (χ2n) is 6.58. The van der Waals surface area contributed by atoms with Crippen LogP contribution in [0.5, 0.6) is 0 Å². The molecule has 0 N–H and O–H groups in total. The second-order valence-corrected chi connectivity index (χ2v) is 6.58. The Balaban J connectivity index is 1.73. The summed E-state index contributed by atoms with van der Waals surface area (Å²) >= 11 is 0. The van der Waals surface area contributed by atoms with Gasteiger partial charge in [0.2, 0.25) is 0 Å². The normalized spacial score (nSPS) is 26.3. The molecule has 0 saturated carbocycles. The highest BCUT2D eigenvalue weighted by molar-refractivity contribution is 5.21. The first kappa shape index (κ1) is 16.2. The molecule has 1 aliphatic rings. The summed E-state index contributed by atoms with van der Waals surface area (Å²) < 4.78 is 6.45. The van der Waals surface area contributed by atoms with E-state index in [1.165, 1.54) is 11.1 Å². The summed E-state index contributed by atoms with van der Waals surface area (Å²) in [7, 11) is 2.19. The average Bonchev–Trinajstić information content (AvgIpc) is 2.89. The van der Waals surface area contributed by atoms with Gasteiger partial charge in [0.05, 0.1) is 6.10 Å². The van der Waals surface area contributed by atoms with E-state index in [0.29, 0.717) is 12.0 Å². The van der Waals surface area contributed by atoms with E-state index in [1.807, 2.05) is 0 Å². The average molecular weight is 309 g/mol. The number of hydrogen-bond acceptors (Lipinski definition) is 2. The summed E-state index contributed by atoms with van der Waals surface area (Å²) in [5.41, 5.74) is 2.70. The highest BCUT2D eigenvalue weighted by Gasteiger charge is 2.38. The van der Waals surface area contributed by atoms with Crippen molar-refractivity contribution in [1.29, 1.82) is 0 Å². The topological polar surface area (TPSA) is 12.5 Å². The molecule has 0 aliphatic carbocycles. The third-order valence-corrected chi connectivity index (χ3v) is 5.22. The fourth-order valence-electron chi connectivity index (χ4n) is 3.58. The van der Waals surface area contributed by atoms with E-state index in [-0.39, 0.29) is 12.3 Å². The van der Waals surface area contributed by atoms with Crippen molar-refractivity contribution in [3.05, 3.63) is 71.8 Å². The summed E-state index contributed by atoms with van der Waals surface area (Å²) in [6.45, 7) is 4.53. The number of rotatable bonds is 5. The zero-order valence-electron chi connectivity index (χ0n) is 14.4. The lowest BCUT2D eigenvalue weighted by atomic mass is 9.92. The molecule has 1 saturated heterocycles. The molecule has 2 aromatic carbocycles. The summed E-state index contributed by atoms with van der Waals surface area (Å²) in [4.78, 5) is 2.39. The van der Waals surface area contributed by atoms with Crippen molar-refractivity contribution in [2.75, 3.05) is 7.05 Å². The molecular formula is C21H27NO. The van der Waals surface area contributed by atoms with E-state index >= 15 is 0 Å². The molecule has 1 fully saturated rings. The molecule has 0 unspecified atom stereocenters. The lowest BCUT2D eigenvalue weighted by Gasteiger charge is -2.25. The molecule has 2 aromatic rings. The maximum absolute atomic E-state index is 6.45. The molecule has 0 amide bonds. The number of likely N-dealkylation sites (N-methyl/N-ethyl adjacent to an activating group) is 1. The largest absolute Gasteiger partial charge is 0.354 e. The van der Waals surface area contributed by atoms with Gasteiger partial charge < -0.3 is 4.74 Å². The standard InChI is InChI=1S/C21H27NO/c1-4-17(18-11-7-5-8-12-18)15-20-22(3)16(2)21(23-20)19-13-9-6-10-14-19/h5-14,16-17,20-21H,4,15H2,1-3H3/t16-,17-,20-,21-/m0/s1. The van der Waals surface area contributed by atoms with Crippen molar-refractivity contribution in [1.82, 2.24) is 4.90 Å². The predicted octanol–water partition coefficient (Wildman–Crippen LogP) is 4.99. The Hall–Kier alpha value is -1.64. The molecule has 2 heteroatoms. The minimum atomic E-state index is 0.166. The SMILES string of the molecule is CC[C@@H](C[C@@H]1O[C@H](c2ccccc2)[C@H](C)N1C)c1ccccc1. The number of ether oxygens (including phenoxy) is 1. The molecule has 23 heavy (non-hydrogen) atoms. The molecule has 4 atom stereocenters. The van der Waals surface area contributed by atoms with Crippen LogP contribution in [0.4, 0.5) is 0 Å². The third kappa shape index (κ3) is 3.49. The van der Waals surface area contributed by atoms with Crippen LogP contribution in [0.2, 0.25) is 0 Å². The molecule has 0 radical (unpaired) electrons. The summed E-state index contributed by atoms with van der Waals surface area (Å²) in [6.07, 6.45) is 2.53. The molecular weight excluding hydrogens is 282 g/mol. The van der Waals surface area contributed by atoms with Crippen LogP contribution in [0, 0.1) is 0 Å². The first-order chi connectivity index (χ1) is 11.2. The zero-order valence-corrected chi connectivity index (χ0v) is 14.4. The smallest absolute Gasteiger partial charge is 0.112 e. The van der Waals surface area contributed by atoms with E-state index in [2.05, 4.69) is 86.5 Å². The van der Waals surface area contributed by atoms with Gasteiger partial charge in [-0.1, -0.05) is 67.6 Å². The highest BCUT2D eigenvalue weighted by Crippen LogP contribution is 2.38. The van der Waals surface area contributed by atoms with Gasteiger partial charge in [-0.25, -0.2) is 0 Å².